The van der Waals surface area contributed by atoms with Gasteiger partial charge in [-0.3, -0.25) is 0 Å². The number of benzene rings is 2. The summed E-state index contributed by atoms with van der Waals surface area (Å²) in [5.41, 5.74) is 3.15. The first-order valence-corrected chi connectivity index (χ1v) is 6.22. The molecule has 0 saturated heterocycles. The molecule has 3 nitrogen and oxygen atoms in total. The summed E-state index contributed by atoms with van der Waals surface area (Å²) in [6.45, 7) is 0. The van der Waals surface area contributed by atoms with E-state index in [0.29, 0.717) is 10.8 Å². The van der Waals surface area contributed by atoms with E-state index in [2.05, 4.69) is 9.97 Å². The molecule has 0 atom stereocenters. The van der Waals surface area contributed by atoms with E-state index in [1.54, 1.807) is 7.11 Å². The van der Waals surface area contributed by atoms with E-state index in [1.807, 2.05) is 48.5 Å². The molecule has 0 amide bonds. The molecule has 1 aromatic heterocycles. The lowest BCUT2D eigenvalue weighted by molar-refractivity contribution is 0.415. The minimum Gasteiger partial charge on any atom is -0.497 e. The van der Waals surface area contributed by atoms with E-state index in [-0.39, 0.29) is 0 Å². The monoisotopic (exact) mass is 270 g/mol. The largest absolute Gasteiger partial charge is 0.497 e. The van der Waals surface area contributed by atoms with Crippen LogP contribution in [0.3, 0.4) is 0 Å². The van der Waals surface area contributed by atoms with Gasteiger partial charge in [0.05, 0.1) is 18.1 Å². The second-order valence-corrected chi connectivity index (χ2v) is 4.44. The molecule has 94 valence electrons. The Balaban J connectivity index is 2.23. The Morgan fingerprint density at radius 1 is 0.947 bits per heavy atom. The molecule has 0 fully saturated rings. The highest BCUT2D eigenvalue weighted by Crippen LogP contribution is 2.27. The normalized spacial score (nSPS) is 10.6. The number of hydrogen-bond donors (Lipinski definition) is 0. The third-order valence-electron chi connectivity index (χ3n) is 2.88. The van der Waals surface area contributed by atoms with Gasteiger partial charge in [0.25, 0.3) is 0 Å². The average Bonchev–Trinajstić information content (AvgIpc) is 2.47. The smallest absolute Gasteiger partial charge is 0.156 e. The molecule has 3 aromatic rings. The van der Waals surface area contributed by atoms with Crippen LogP contribution in [-0.4, -0.2) is 17.1 Å². The summed E-state index contributed by atoms with van der Waals surface area (Å²) in [5, 5.41) is 0.406. The number of nitrogens with zero attached hydrogens (tertiary/aromatic N) is 2. The first-order chi connectivity index (χ1) is 9.28. The summed E-state index contributed by atoms with van der Waals surface area (Å²) >= 11 is 6.21. The van der Waals surface area contributed by atoms with Crippen molar-refractivity contribution in [1.29, 1.82) is 0 Å². The number of methoxy groups -OCH3 is 1. The quantitative estimate of drug-likeness (QED) is 0.707. The maximum Gasteiger partial charge on any atom is 0.156 e. The first-order valence-electron chi connectivity index (χ1n) is 5.84. The fraction of sp³-hybridized carbons (Fsp3) is 0.0667. The van der Waals surface area contributed by atoms with Crippen molar-refractivity contribution in [2.45, 2.75) is 0 Å². The molecule has 0 radical (unpaired) electrons. The Hall–Kier alpha value is -2.13. The van der Waals surface area contributed by atoms with E-state index in [1.165, 1.54) is 0 Å². The Labute approximate surface area is 115 Å². The second kappa shape index (κ2) is 4.86. The van der Waals surface area contributed by atoms with Gasteiger partial charge in [-0.25, -0.2) is 9.97 Å². The van der Waals surface area contributed by atoms with Gasteiger partial charge in [-0.2, -0.15) is 0 Å². The van der Waals surface area contributed by atoms with Gasteiger partial charge in [0.15, 0.2) is 5.15 Å². The topological polar surface area (TPSA) is 35.0 Å². The van der Waals surface area contributed by atoms with Crippen molar-refractivity contribution >= 4 is 22.6 Å². The van der Waals surface area contributed by atoms with Crippen molar-refractivity contribution in [2.24, 2.45) is 0 Å². The molecule has 3 rings (SSSR count). The zero-order valence-electron chi connectivity index (χ0n) is 10.3. The Bertz CT molecular complexity index is 729. The van der Waals surface area contributed by atoms with Crippen molar-refractivity contribution in [3.05, 3.63) is 53.7 Å². The summed E-state index contributed by atoms with van der Waals surface area (Å²) in [5.74, 6) is 0.753. The van der Waals surface area contributed by atoms with E-state index in [4.69, 9.17) is 16.3 Å². The molecule has 2 aromatic carbocycles. The molecule has 0 bridgehead atoms. The van der Waals surface area contributed by atoms with Crippen LogP contribution in [0.25, 0.3) is 22.3 Å². The van der Waals surface area contributed by atoms with Crippen LogP contribution in [0, 0.1) is 0 Å². The maximum atomic E-state index is 6.21. The average molecular weight is 271 g/mol. The molecule has 19 heavy (non-hydrogen) atoms. The van der Waals surface area contributed by atoms with Gasteiger partial charge in [0.1, 0.15) is 11.4 Å². The molecule has 0 spiro atoms. The van der Waals surface area contributed by atoms with Crippen LogP contribution in [-0.2, 0) is 0 Å². The summed E-state index contributed by atoms with van der Waals surface area (Å²) < 4.78 is 5.20. The zero-order chi connectivity index (χ0) is 13.2. The number of hydrogen-bond acceptors (Lipinski definition) is 3. The van der Waals surface area contributed by atoms with Crippen LogP contribution >= 0.6 is 11.6 Å². The Morgan fingerprint density at radius 3 is 2.47 bits per heavy atom. The van der Waals surface area contributed by atoms with Crippen LogP contribution in [0.5, 0.6) is 5.75 Å². The maximum absolute atomic E-state index is 6.21. The van der Waals surface area contributed by atoms with Crippen LogP contribution in [0.15, 0.2) is 48.5 Å². The van der Waals surface area contributed by atoms with E-state index < -0.39 is 0 Å². The summed E-state index contributed by atoms with van der Waals surface area (Å²) in [7, 11) is 1.63. The number of aromatic nitrogens is 2. The van der Waals surface area contributed by atoms with Crippen molar-refractivity contribution in [3.8, 4) is 17.0 Å². The van der Waals surface area contributed by atoms with E-state index in [0.717, 1.165) is 22.3 Å². The highest BCUT2D eigenvalue weighted by Gasteiger charge is 2.09. The molecule has 4 heteroatoms. The number of halogens is 1. The summed E-state index contributed by atoms with van der Waals surface area (Å²) in [4.78, 5) is 8.95. The van der Waals surface area contributed by atoms with Crippen molar-refractivity contribution in [1.82, 2.24) is 9.97 Å². The Kier molecular flexibility index (Phi) is 3.05. The van der Waals surface area contributed by atoms with Crippen LogP contribution in [0.1, 0.15) is 0 Å². The molecule has 0 unspecified atom stereocenters. The zero-order valence-corrected chi connectivity index (χ0v) is 11.1. The molecule has 0 aliphatic heterocycles. The molecule has 0 N–H and O–H groups in total. The van der Waals surface area contributed by atoms with Gasteiger partial charge in [0.2, 0.25) is 0 Å². The first kappa shape index (κ1) is 11.9. The summed E-state index contributed by atoms with van der Waals surface area (Å²) in [6, 6.07) is 15.3. The number of ether oxygens (including phenoxy) is 1. The van der Waals surface area contributed by atoms with Gasteiger partial charge in [-0.15, -0.1) is 0 Å². The molecule has 0 saturated carbocycles. The number of fused-ring (bicyclic) bond motifs is 1. The van der Waals surface area contributed by atoms with Gasteiger partial charge in [0, 0.05) is 11.6 Å². The SMILES string of the molecule is COc1ccc2nc(Cl)c(-c3ccccc3)nc2c1. The highest BCUT2D eigenvalue weighted by molar-refractivity contribution is 6.32. The minimum absolute atomic E-state index is 0.406. The summed E-state index contributed by atoms with van der Waals surface area (Å²) in [6.07, 6.45) is 0. The molecular weight excluding hydrogens is 260 g/mol. The van der Waals surface area contributed by atoms with Crippen molar-refractivity contribution in [2.75, 3.05) is 7.11 Å². The van der Waals surface area contributed by atoms with Crippen LogP contribution < -0.4 is 4.74 Å². The minimum atomic E-state index is 0.406. The van der Waals surface area contributed by atoms with Gasteiger partial charge in [-0.1, -0.05) is 41.9 Å². The third-order valence-corrected chi connectivity index (χ3v) is 3.14. The lowest BCUT2D eigenvalue weighted by Crippen LogP contribution is -1.92. The molecule has 0 aliphatic rings. The Morgan fingerprint density at radius 2 is 1.74 bits per heavy atom. The van der Waals surface area contributed by atoms with Crippen molar-refractivity contribution < 1.29 is 4.74 Å². The highest BCUT2D eigenvalue weighted by atomic mass is 35.5. The van der Waals surface area contributed by atoms with Crippen LogP contribution in [0.4, 0.5) is 0 Å². The van der Waals surface area contributed by atoms with Gasteiger partial charge in [-0.05, 0) is 12.1 Å². The van der Waals surface area contributed by atoms with E-state index >= 15 is 0 Å². The standard InChI is InChI=1S/C15H11ClN2O/c1-19-11-7-8-12-13(9-11)17-14(15(16)18-12)10-5-3-2-4-6-10/h2-9H,1H3. The van der Waals surface area contributed by atoms with Gasteiger partial charge < -0.3 is 4.74 Å². The fourth-order valence-corrected chi connectivity index (χ4v) is 2.16. The molecule has 0 aliphatic carbocycles. The second-order valence-electron chi connectivity index (χ2n) is 4.08. The third kappa shape index (κ3) is 2.25. The van der Waals surface area contributed by atoms with Crippen LogP contribution in [0.2, 0.25) is 5.15 Å². The number of rotatable bonds is 2. The lowest BCUT2D eigenvalue weighted by atomic mass is 10.1. The van der Waals surface area contributed by atoms with E-state index in [9.17, 15) is 0 Å². The molecule has 1 heterocycles. The lowest BCUT2D eigenvalue weighted by Gasteiger charge is -2.06. The van der Waals surface area contributed by atoms with Crippen molar-refractivity contribution in [3.63, 3.8) is 0 Å². The fourth-order valence-electron chi connectivity index (χ4n) is 1.92. The van der Waals surface area contributed by atoms with Gasteiger partial charge >= 0.3 is 0 Å². The molecular formula is C15H11ClN2O. The predicted molar refractivity (Wildman–Crippen MR) is 76.5 cm³/mol. The predicted octanol–water partition coefficient (Wildman–Crippen LogP) is 3.96.